The van der Waals surface area contributed by atoms with Gasteiger partial charge in [-0.25, -0.2) is 4.79 Å². The largest absolute Gasteiger partial charge is 0.477 e. The Morgan fingerprint density at radius 3 is 2.79 bits per heavy atom. The predicted octanol–water partition coefficient (Wildman–Crippen LogP) is 4.50. The molecule has 1 heterocycles. The molecule has 6 atom stereocenters. The summed E-state index contributed by atoms with van der Waals surface area (Å²) < 4.78 is 5.22. The summed E-state index contributed by atoms with van der Waals surface area (Å²) in [6.07, 6.45) is 8.51. The number of aliphatic hydroxyl groups is 2. The Bertz CT molecular complexity index is 661. The van der Waals surface area contributed by atoms with E-state index in [9.17, 15) is 15.0 Å². The summed E-state index contributed by atoms with van der Waals surface area (Å²) in [4.78, 5) is 12.4. The maximum absolute atomic E-state index is 11.0. The molecular weight excluding hydrogens is 412 g/mol. The van der Waals surface area contributed by atoms with Crippen molar-refractivity contribution in [3.8, 4) is 0 Å². The zero-order valence-electron chi connectivity index (χ0n) is 17.2. The van der Waals surface area contributed by atoms with Gasteiger partial charge < -0.3 is 20.1 Å². The number of alkyl halides is 1. The van der Waals surface area contributed by atoms with Gasteiger partial charge in [0.05, 0.1) is 18.3 Å². The molecule has 1 aromatic heterocycles. The second-order valence-corrected chi connectivity index (χ2v) is 9.68. The van der Waals surface area contributed by atoms with Crippen LogP contribution in [0, 0.1) is 11.8 Å². The van der Waals surface area contributed by atoms with Gasteiger partial charge in [-0.2, -0.15) is 0 Å². The number of hydrogen-bond acceptors (Lipinski definition) is 5. The number of rotatable bonds is 12. The standard InChI is InChI=1S/C22H33ClO5S/c1-14(28-2)5-3-6-15(24)9-11-18-17(19(23)13-20(18)25)8-4-7-16-10-12-21(29-16)22(26)27/h9-12,14-15,17-20,24-25H,3-8,13H2,1-2H3,(H,26,27)/b11-9+/t14-,15+,17-,18-,19-,20-/m1/s1. The van der Waals surface area contributed by atoms with Gasteiger partial charge in [0.25, 0.3) is 0 Å². The first kappa shape index (κ1) is 24.4. The monoisotopic (exact) mass is 444 g/mol. The van der Waals surface area contributed by atoms with E-state index in [0.717, 1.165) is 37.0 Å². The first-order valence-electron chi connectivity index (χ1n) is 10.3. The van der Waals surface area contributed by atoms with Gasteiger partial charge in [-0.15, -0.1) is 22.9 Å². The highest BCUT2D eigenvalue weighted by Crippen LogP contribution is 2.40. The fourth-order valence-electron chi connectivity index (χ4n) is 3.96. The number of carboxylic acids is 1. The summed E-state index contributed by atoms with van der Waals surface area (Å²) in [7, 11) is 1.69. The third-order valence-corrected chi connectivity index (χ3v) is 7.41. The highest BCUT2D eigenvalue weighted by Gasteiger charge is 2.39. The number of aromatic carboxylic acids is 1. The van der Waals surface area contributed by atoms with E-state index in [-0.39, 0.29) is 23.3 Å². The number of aryl methyl sites for hydroxylation is 1. The fourth-order valence-corrected chi connectivity index (χ4v) is 5.32. The summed E-state index contributed by atoms with van der Waals surface area (Å²) >= 11 is 7.81. The highest BCUT2D eigenvalue weighted by atomic mass is 35.5. The summed E-state index contributed by atoms with van der Waals surface area (Å²) in [5.41, 5.74) is 0. The molecule has 1 saturated carbocycles. The van der Waals surface area contributed by atoms with Crippen molar-refractivity contribution in [3.63, 3.8) is 0 Å². The topological polar surface area (TPSA) is 87.0 Å². The van der Waals surface area contributed by atoms with Crippen LogP contribution in [0.5, 0.6) is 0 Å². The molecule has 0 aromatic carbocycles. The van der Waals surface area contributed by atoms with E-state index >= 15 is 0 Å². The van der Waals surface area contributed by atoms with E-state index in [4.69, 9.17) is 21.4 Å². The van der Waals surface area contributed by atoms with Gasteiger partial charge in [-0.3, -0.25) is 0 Å². The molecule has 7 heteroatoms. The van der Waals surface area contributed by atoms with E-state index in [0.29, 0.717) is 17.7 Å². The molecule has 1 aliphatic carbocycles. The minimum absolute atomic E-state index is 0.0528. The van der Waals surface area contributed by atoms with Crippen LogP contribution in [-0.4, -0.2) is 52.1 Å². The molecule has 0 aliphatic heterocycles. The van der Waals surface area contributed by atoms with Crippen molar-refractivity contribution >= 4 is 28.9 Å². The number of carboxylic acid groups (broad SMARTS) is 1. The predicted molar refractivity (Wildman–Crippen MR) is 117 cm³/mol. The zero-order chi connectivity index (χ0) is 21.4. The SMILES string of the molecule is CO[C@H](C)CCC[C@H](O)/C=C/[C@@H]1[C@@H](CCCc2ccc(C(=O)O)s2)[C@H](Cl)C[C@H]1O. The highest BCUT2D eigenvalue weighted by molar-refractivity contribution is 7.13. The molecule has 1 aromatic rings. The van der Waals surface area contributed by atoms with Crippen LogP contribution in [0.1, 0.15) is 60.0 Å². The molecule has 0 unspecified atom stereocenters. The summed E-state index contributed by atoms with van der Waals surface area (Å²) in [5, 5.41) is 29.6. The van der Waals surface area contributed by atoms with Crippen molar-refractivity contribution in [3.05, 3.63) is 34.0 Å². The van der Waals surface area contributed by atoms with Gasteiger partial charge in [-0.1, -0.05) is 12.2 Å². The van der Waals surface area contributed by atoms with Crippen molar-refractivity contribution in [2.75, 3.05) is 7.11 Å². The van der Waals surface area contributed by atoms with Crippen LogP contribution in [-0.2, 0) is 11.2 Å². The van der Waals surface area contributed by atoms with Crippen molar-refractivity contribution in [2.24, 2.45) is 11.8 Å². The number of carbonyl (C=O) groups is 1. The average molecular weight is 445 g/mol. The van der Waals surface area contributed by atoms with Crippen LogP contribution in [0.25, 0.3) is 0 Å². The third-order valence-electron chi connectivity index (χ3n) is 5.77. The fraction of sp³-hybridized carbons (Fsp3) is 0.682. The van der Waals surface area contributed by atoms with E-state index in [1.165, 1.54) is 11.3 Å². The maximum atomic E-state index is 11.0. The van der Waals surface area contributed by atoms with Crippen LogP contribution in [0.15, 0.2) is 24.3 Å². The van der Waals surface area contributed by atoms with E-state index in [1.807, 2.05) is 19.1 Å². The summed E-state index contributed by atoms with van der Waals surface area (Å²) in [6, 6.07) is 3.51. The first-order valence-corrected chi connectivity index (χ1v) is 11.6. The summed E-state index contributed by atoms with van der Waals surface area (Å²) in [6.45, 7) is 2.01. The number of thiophene rings is 1. The summed E-state index contributed by atoms with van der Waals surface area (Å²) in [5.74, 6) is -0.785. The second-order valence-electron chi connectivity index (χ2n) is 7.95. The lowest BCUT2D eigenvalue weighted by atomic mass is 9.89. The molecule has 0 spiro atoms. The maximum Gasteiger partial charge on any atom is 0.345 e. The number of hydrogen-bond donors (Lipinski definition) is 3. The molecular formula is C22H33ClO5S. The normalized spacial score (nSPS) is 26.8. The zero-order valence-corrected chi connectivity index (χ0v) is 18.7. The van der Waals surface area contributed by atoms with Crippen molar-refractivity contribution in [1.82, 2.24) is 0 Å². The van der Waals surface area contributed by atoms with Crippen molar-refractivity contribution in [2.45, 2.75) is 75.6 Å². The molecule has 0 saturated heterocycles. The Labute approximate surface area is 182 Å². The second kappa shape index (κ2) is 12.1. The number of ether oxygens (including phenoxy) is 1. The molecule has 3 N–H and O–H groups in total. The molecule has 5 nitrogen and oxygen atoms in total. The van der Waals surface area contributed by atoms with Gasteiger partial charge in [0.2, 0.25) is 0 Å². The number of halogens is 1. The molecule has 164 valence electrons. The quantitative estimate of drug-likeness (QED) is 0.326. The lowest BCUT2D eigenvalue weighted by molar-refractivity contribution is 0.0702. The molecule has 1 fully saturated rings. The first-order chi connectivity index (χ1) is 13.8. The number of methoxy groups -OCH3 is 1. The Hall–Kier alpha value is -0.920. The van der Waals surface area contributed by atoms with Crippen LogP contribution in [0.3, 0.4) is 0 Å². The van der Waals surface area contributed by atoms with Crippen molar-refractivity contribution < 1.29 is 24.9 Å². The number of aliphatic hydroxyl groups excluding tert-OH is 2. The lowest BCUT2D eigenvalue weighted by Gasteiger charge is -2.21. The van der Waals surface area contributed by atoms with Crippen LogP contribution in [0.2, 0.25) is 0 Å². The van der Waals surface area contributed by atoms with E-state index in [2.05, 4.69) is 0 Å². The molecule has 0 amide bonds. The van der Waals surface area contributed by atoms with E-state index < -0.39 is 18.2 Å². The smallest absolute Gasteiger partial charge is 0.345 e. The lowest BCUT2D eigenvalue weighted by Crippen LogP contribution is -2.19. The Morgan fingerprint density at radius 1 is 1.38 bits per heavy atom. The minimum Gasteiger partial charge on any atom is -0.477 e. The minimum atomic E-state index is -0.888. The van der Waals surface area contributed by atoms with Gasteiger partial charge in [0.1, 0.15) is 4.88 Å². The van der Waals surface area contributed by atoms with E-state index in [1.54, 1.807) is 19.3 Å². The Balaban J connectivity index is 1.83. The average Bonchev–Trinajstić information content (AvgIpc) is 3.25. The Morgan fingerprint density at radius 2 is 2.14 bits per heavy atom. The van der Waals surface area contributed by atoms with Gasteiger partial charge >= 0.3 is 5.97 Å². The van der Waals surface area contributed by atoms with Crippen molar-refractivity contribution in [1.29, 1.82) is 0 Å². The molecule has 0 bridgehead atoms. The van der Waals surface area contributed by atoms with Crippen LogP contribution in [0.4, 0.5) is 0 Å². The van der Waals surface area contributed by atoms with Gasteiger partial charge in [0.15, 0.2) is 0 Å². The van der Waals surface area contributed by atoms with Crippen LogP contribution < -0.4 is 0 Å². The van der Waals surface area contributed by atoms with Crippen LogP contribution >= 0.6 is 22.9 Å². The van der Waals surface area contributed by atoms with Gasteiger partial charge in [-0.05, 0) is 69.9 Å². The molecule has 2 rings (SSSR count). The third kappa shape index (κ3) is 7.68. The molecule has 29 heavy (non-hydrogen) atoms. The Kier molecular flexibility index (Phi) is 10.1. The molecule has 1 aliphatic rings. The van der Waals surface area contributed by atoms with Gasteiger partial charge in [0, 0.05) is 23.3 Å². The molecule has 0 radical (unpaired) electrons.